The van der Waals surface area contributed by atoms with Crippen molar-refractivity contribution in [2.45, 2.75) is 19.4 Å². The van der Waals surface area contributed by atoms with Gasteiger partial charge in [0.15, 0.2) is 17.3 Å². The second-order valence-electron chi connectivity index (χ2n) is 8.32. The molecule has 37 heavy (non-hydrogen) atoms. The molecular weight excluding hydrogens is 472 g/mol. The van der Waals surface area contributed by atoms with E-state index in [2.05, 4.69) is 5.32 Å². The van der Waals surface area contributed by atoms with Gasteiger partial charge in [0.1, 0.15) is 5.75 Å². The van der Waals surface area contributed by atoms with Gasteiger partial charge in [0.2, 0.25) is 11.7 Å². The molecule has 0 saturated heterocycles. The zero-order valence-corrected chi connectivity index (χ0v) is 21.7. The van der Waals surface area contributed by atoms with E-state index in [1.807, 2.05) is 30.3 Å². The van der Waals surface area contributed by atoms with Gasteiger partial charge < -0.3 is 30.0 Å². The number of Topliss-reactive ketones (excluding diaryl/α,β-unsaturated/α-hetero) is 1. The maximum atomic E-state index is 13.2. The Bertz CT molecular complexity index is 1260. The van der Waals surface area contributed by atoms with E-state index >= 15 is 0 Å². The number of rotatable bonds is 11. The van der Waals surface area contributed by atoms with Gasteiger partial charge in [-0.2, -0.15) is 0 Å². The van der Waals surface area contributed by atoms with Gasteiger partial charge in [-0.1, -0.05) is 36.4 Å². The number of ether oxygens (including phenoxy) is 4. The molecule has 3 N–H and O–H groups in total. The highest BCUT2D eigenvalue weighted by Crippen LogP contribution is 2.38. The fraction of sp³-hybridized carbons (Fsp3) is 0.241. The molecule has 0 fully saturated rings. The molecule has 3 rings (SSSR count). The Labute approximate surface area is 217 Å². The third-order valence-electron chi connectivity index (χ3n) is 5.78. The first-order chi connectivity index (χ1) is 17.8. The summed E-state index contributed by atoms with van der Waals surface area (Å²) in [6.45, 7) is 1.71. The number of amides is 1. The third kappa shape index (κ3) is 6.68. The minimum Gasteiger partial charge on any atom is -0.495 e. The number of allylic oxidation sites excluding steroid dienone is 1. The molecule has 0 aliphatic carbocycles. The molecule has 0 aliphatic heterocycles. The fourth-order valence-corrected chi connectivity index (χ4v) is 3.85. The smallest absolute Gasteiger partial charge is 0.241 e. The Hall–Kier alpha value is -4.30. The van der Waals surface area contributed by atoms with Crippen molar-refractivity contribution >= 4 is 23.5 Å². The highest BCUT2D eigenvalue weighted by Gasteiger charge is 2.19. The van der Waals surface area contributed by atoms with Crippen LogP contribution in [0.5, 0.6) is 23.0 Å². The highest BCUT2D eigenvalue weighted by molar-refractivity contribution is 6.11. The molecule has 0 bridgehead atoms. The molecule has 194 valence electrons. The molecule has 3 aromatic carbocycles. The number of anilines is 1. The first kappa shape index (κ1) is 27.3. The van der Waals surface area contributed by atoms with Crippen molar-refractivity contribution in [3.8, 4) is 23.0 Å². The van der Waals surface area contributed by atoms with Crippen LogP contribution in [0.25, 0.3) is 6.08 Å². The van der Waals surface area contributed by atoms with Crippen LogP contribution in [0.1, 0.15) is 28.4 Å². The molecule has 8 nitrogen and oxygen atoms in total. The monoisotopic (exact) mass is 504 g/mol. The maximum absolute atomic E-state index is 13.2. The van der Waals surface area contributed by atoms with Crippen molar-refractivity contribution in [2.75, 3.05) is 33.8 Å². The average molecular weight is 505 g/mol. The molecule has 0 spiro atoms. The van der Waals surface area contributed by atoms with Crippen molar-refractivity contribution in [1.82, 2.24) is 0 Å². The number of hydrogen-bond donors (Lipinski definition) is 2. The Morgan fingerprint density at radius 2 is 1.49 bits per heavy atom. The summed E-state index contributed by atoms with van der Waals surface area (Å²) in [6, 6.07) is 17.3. The number of hydrogen-bond acceptors (Lipinski definition) is 7. The minimum absolute atomic E-state index is 0.217. The molecule has 3 aromatic rings. The summed E-state index contributed by atoms with van der Waals surface area (Å²) >= 11 is 0. The molecule has 1 atom stereocenters. The van der Waals surface area contributed by atoms with Gasteiger partial charge in [0, 0.05) is 5.56 Å². The number of ketones is 1. The standard InChI is InChI=1S/C29H32N2O6/c1-18(27(32)21-16-25(35-3)28(37-5)26(17-21)36-4)13-20-11-12-24(34-2)23(15-20)31-29(33)22(30)14-19-9-7-6-8-10-19/h6-13,15-17,22H,14,30H2,1-5H3,(H,31,33). The van der Waals surface area contributed by atoms with E-state index in [0.29, 0.717) is 51.8 Å². The highest BCUT2D eigenvalue weighted by atomic mass is 16.5. The summed E-state index contributed by atoms with van der Waals surface area (Å²) in [4.78, 5) is 26.0. The molecule has 0 heterocycles. The van der Waals surface area contributed by atoms with Crippen LogP contribution in [0.2, 0.25) is 0 Å². The lowest BCUT2D eigenvalue weighted by Crippen LogP contribution is -2.37. The van der Waals surface area contributed by atoms with Crippen molar-refractivity contribution in [3.63, 3.8) is 0 Å². The van der Waals surface area contributed by atoms with E-state index in [1.54, 1.807) is 43.3 Å². The fourth-order valence-electron chi connectivity index (χ4n) is 3.85. The second-order valence-corrected chi connectivity index (χ2v) is 8.32. The van der Waals surface area contributed by atoms with Crippen LogP contribution >= 0.6 is 0 Å². The predicted octanol–water partition coefficient (Wildman–Crippen LogP) is 4.52. The molecule has 0 saturated carbocycles. The van der Waals surface area contributed by atoms with Gasteiger partial charge in [-0.15, -0.1) is 0 Å². The third-order valence-corrected chi connectivity index (χ3v) is 5.78. The average Bonchev–Trinajstić information content (AvgIpc) is 2.92. The van der Waals surface area contributed by atoms with E-state index in [1.165, 1.54) is 28.4 Å². The van der Waals surface area contributed by atoms with Crippen LogP contribution < -0.4 is 30.0 Å². The summed E-state index contributed by atoms with van der Waals surface area (Å²) < 4.78 is 21.5. The molecule has 0 radical (unpaired) electrons. The van der Waals surface area contributed by atoms with Crippen molar-refractivity contribution in [3.05, 3.63) is 82.9 Å². The van der Waals surface area contributed by atoms with E-state index in [9.17, 15) is 9.59 Å². The first-order valence-electron chi connectivity index (χ1n) is 11.6. The number of nitrogens with two attached hydrogens (primary N) is 1. The van der Waals surface area contributed by atoms with E-state index < -0.39 is 6.04 Å². The van der Waals surface area contributed by atoms with Gasteiger partial charge in [-0.25, -0.2) is 0 Å². The van der Waals surface area contributed by atoms with Crippen molar-refractivity contribution < 1.29 is 28.5 Å². The van der Waals surface area contributed by atoms with Crippen LogP contribution in [0.4, 0.5) is 5.69 Å². The van der Waals surface area contributed by atoms with Gasteiger partial charge >= 0.3 is 0 Å². The minimum atomic E-state index is -0.741. The normalized spacial score (nSPS) is 11.9. The summed E-state index contributed by atoms with van der Waals surface area (Å²) in [5.41, 5.74) is 9.12. The number of carbonyl (C=O) groups excluding carboxylic acids is 2. The molecule has 1 unspecified atom stereocenters. The molecule has 1 amide bonds. The van der Waals surface area contributed by atoms with Crippen LogP contribution in [0.3, 0.4) is 0 Å². The van der Waals surface area contributed by atoms with Crippen LogP contribution in [-0.4, -0.2) is 46.2 Å². The Balaban J connectivity index is 1.84. The summed E-state index contributed by atoms with van der Waals surface area (Å²) in [6.07, 6.45) is 2.13. The van der Waals surface area contributed by atoms with Gasteiger partial charge in [-0.3, -0.25) is 9.59 Å². The molecule has 8 heteroatoms. The summed E-state index contributed by atoms with van der Waals surface area (Å²) in [7, 11) is 6.01. The van der Waals surface area contributed by atoms with Gasteiger partial charge in [0.25, 0.3) is 0 Å². The second kappa shape index (κ2) is 12.6. The van der Waals surface area contributed by atoms with Crippen LogP contribution in [0.15, 0.2) is 66.2 Å². The summed E-state index contributed by atoms with van der Waals surface area (Å²) in [5, 5.41) is 2.85. The van der Waals surface area contributed by atoms with E-state index in [4.69, 9.17) is 24.7 Å². The van der Waals surface area contributed by atoms with Crippen LogP contribution in [0, 0.1) is 0 Å². The SMILES string of the molecule is COc1ccc(C=C(C)C(=O)c2cc(OC)c(OC)c(OC)c2)cc1NC(=O)C(N)Cc1ccccc1. The zero-order valence-electron chi connectivity index (χ0n) is 21.7. The lowest BCUT2D eigenvalue weighted by Gasteiger charge is -2.15. The molecular formula is C29H32N2O6. The van der Waals surface area contributed by atoms with E-state index in [-0.39, 0.29) is 11.7 Å². The summed E-state index contributed by atoms with van der Waals surface area (Å²) in [5.74, 6) is 1.10. The lowest BCUT2D eigenvalue weighted by molar-refractivity contribution is -0.117. The molecule has 0 aliphatic rings. The van der Waals surface area contributed by atoms with Crippen molar-refractivity contribution in [1.29, 1.82) is 0 Å². The Morgan fingerprint density at radius 1 is 0.865 bits per heavy atom. The zero-order chi connectivity index (χ0) is 26.9. The topological polar surface area (TPSA) is 109 Å². The predicted molar refractivity (Wildman–Crippen MR) is 144 cm³/mol. The maximum Gasteiger partial charge on any atom is 0.241 e. The molecule has 0 aromatic heterocycles. The largest absolute Gasteiger partial charge is 0.495 e. The quantitative estimate of drug-likeness (QED) is 0.292. The first-order valence-corrected chi connectivity index (χ1v) is 11.6. The number of carbonyl (C=O) groups is 2. The number of nitrogens with one attached hydrogen (secondary N) is 1. The van der Waals surface area contributed by atoms with E-state index in [0.717, 1.165) is 5.56 Å². The van der Waals surface area contributed by atoms with Crippen molar-refractivity contribution in [2.24, 2.45) is 5.73 Å². The van der Waals surface area contributed by atoms with Gasteiger partial charge in [-0.05, 0) is 60.4 Å². The van der Waals surface area contributed by atoms with Crippen LogP contribution in [-0.2, 0) is 11.2 Å². The Morgan fingerprint density at radius 3 is 2.05 bits per heavy atom. The van der Waals surface area contributed by atoms with Gasteiger partial charge in [0.05, 0.1) is 40.2 Å². The number of benzene rings is 3. The lowest BCUT2D eigenvalue weighted by atomic mass is 10.0. The Kier molecular flexibility index (Phi) is 9.29. The number of methoxy groups -OCH3 is 4.